The highest BCUT2D eigenvalue weighted by molar-refractivity contribution is 6.30. The first-order chi connectivity index (χ1) is 13.6. The number of carbonyl (C=O) groups is 2. The van der Waals surface area contributed by atoms with Crippen LogP contribution in [0.1, 0.15) is 64.8 Å². The molecule has 1 aliphatic rings. The van der Waals surface area contributed by atoms with Crippen molar-refractivity contribution in [3.8, 4) is 0 Å². The van der Waals surface area contributed by atoms with Crippen LogP contribution in [0.4, 0.5) is 0 Å². The average Bonchev–Trinajstić information content (AvgIpc) is 2.98. The van der Waals surface area contributed by atoms with Gasteiger partial charge in [-0.05, 0) is 43.0 Å². The third-order valence-corrected chi connectivity index (χ3v) is 5.32. The summed E-state index contributed by atoms with van der Waals surface area (Å²) < 4.78 is 0. The van der Waals surface area contributed by atoms with E-state index < -0.39 is 0 Å². The van der Waals surface area contributed by atoms with E-state index in [-0.39, 0.29) is 17.9 Å². The van der Waals surface area contributed by atoms with Crippen molar-refractivity contribution in [3.05, 3.63) is 64.4 Å². The molecule has 0 atom stereocenters. The number of pyridine rings is 1. The third-order valence-electron chi connectivity index (χ3n) is 5.07. The molecule has 1 heterocycles. The maximum atomic E-state index is 12.5. The number of carbonyl (C=O) groups excluding carboxylic acids is 2. The van der Waals surface area contributed by atoms with Gasteiger partial charge in [-0.1, -0.05) is 49.4 Å². The summed E-state index contributed by atoms with van der Waals surface area (Å²) in [6.07, 6.45) is 10.5. The van der Waals surface area contributed by atoms with Crippen molar-refractivity contribution in [2.75, 3.05) is 6.54 Å². The molecule has 1 aromatic heterocycles. The van der Waals surface area contributed by atoms with Crippen molar-refractivity contribution >= 4 is 23.4 Å². The second kappa shape index (κ2) is 10.2. The van der Waals surface area contributed by atoms with Crippen LogP contribution in [0.15, 0.2) is 42.7 Å². The zero-order valence-electron chi connectivity index (χ0n) is 15.9. The number of aromatic nitrogens is 1. The minimum Gasteiger partial charge on any atom is -0.352 e. The maximum absolute atomic E-state index is 12.5. The van der Waals surface area contributed by atoms with E-state index in [0.717, 1.165) is 31.2 Å². The normalized spacial score (nSPS) is 14.9. The second-order valence-corrected chi connectivity index (χ2v) is 7.69. The number of halogens is 1. The van der Waals surface area contributed by atoms with Gasteiger partial charge < -0.3 is 10.6 Å². The molecule has 1 fully saturated rings. The van der Waals surface area contributed by atoms with Gasteiger partial charge in [0.05, 0.1) is 11.1 Å². The smallest absolute Gasteiger partial charge is 0.253 e. The number of benzene rings is 1. The first-order valence-corrected chi connectivity index (χ1v) is 10.3. The van der Waals surface area contributed by atoms with Gasteiger partial charge in [0, 0.05) is 30.0 Å². The topological polar surface area (TPSA) is 71.1 Å². The van der Waals surface area contributed by atoms with Crippen LogP contribution in [0.5, 0.6) is 0 Å². The van der Waals surface area contributed by atoms with E-state index >= 15 is 0 Å². The Morgan fingerprint density at radius 2 is 1.61 bits per heavy atom. The summed E-state index contributed by atoms with van der Waals surface area (Å²) in [6.45, 7) is 0.499. The molecule has 2 amide bonds. The number of hydrogen-bond acceptors (Lipinski definition) is 3. The van der Waals surface area contributed by atoms with E-state index in [9.17, 15) is 9.59 Å². The Balaban J connectivity index is 1.53. The van der Waals surface area contributed by atoms with E-state index in [2.05, 4.69) is 15.6 Å². The van der Waals surface area contributed by atoms with Gasteiger partial charge in [-0.3, -0.25) is 14.6 Å². The fraction of sp³-hybridized carbons (Fsp3) is 0.409. The molecule has 6 heteroatoms. The Morgan fingerprint density at radius 3 is 2.29 bits per heavy atom. The summed E-state index contributed by atoms with van der Waals surface area (Å²) in [6, 6.07) is 9.37. The van der Waals surface area contributed by atoms with Crippen LogP contribution in [0.3, 0.4) is 0 Å². The van der Waals surface area contributed by atoms with Crippen LogP contribution in [0.25, 0.3) is 0 Å². The predicted octanol–water partition coefficient (Wildman–Crippen LogP) is 4.16. The molecule has 5 nitrogen and oxygen atoms in total. The zero-order chi connectivity index (χ0) is 19.8. The van der Waals surface area contributed by atoms with Crippen molar-refractivity contribution in [2.24, 2.45) is 0 Å². The molecule has 1 aromatic carbocycles. The van der Waals surface area contributed by atoms with Gasteiger partial charge >= 0.3 is 0 Å². The molecule has 0 saturated heterocycles. The molecular formula is C22H26ClN3O2. The quantitative estimate of drug-likeness (QED) is 0.716. The fourth-order valence-electron chi connectivity index (χ4n) is 3.45. The maximum Gasteiger partial charge on any atom is 0.253 e. The van der Waals surface area contributed by atoms with Crippen molar-refractivity contribution < 1.29 is 9.59 Å². The van der Waals surface area contributed by atoms with Crippen LogP contribution >= 0.6 is 11.6 Å². The van der Waals surface area contributed by atoms with Gasteiger partial charge in [0.15, 0.2) is 0 Å². The van der Waals surface area contributed by atoms with Crippen LogP contribution < -0.4 is 10.6 Å². The first-order valence-electron chi connectivity index (χ1n) is 9.90. The highest BCUT2D eigenvalue weighted by atomic mass is 35.5. The highest BCUT2D eigenvalue weighted by Crippen LogP contribution is 2.17. The van der Waals surface area contributed by atoms with Crippen molar-refractivity contribution in [1.29, 1.82) is 0 Å². The Labute approximate surface area is 170 Å². The number of hydrogen-bond donors (Lipinski definition) is 2. The molecule has 2 aromatic rings. The molecule has 1 saturated carbocycles. The van der Waals surface area contributed by atoms with E-state index in [4.69, 9.17) is 11.6 Å². The average molecular weight is 400 g/mol. The molecule has 0 bridgehead atoms. The van der Waals surface area contributed by atoms with E-state index in [1.165, 1.54) is 25.2 Å². The lowest BCUT2D eigenvalue weighted by Gasteiger charge is -2.16. The molecule has 0 radical (unpaired) electrons. The molecule has 1 aliphatic carbocycles. The zero-order valence-corrected chi connectivity index (χ0v) is 16.7. The van der Waals surface area contributed by atoms with Crippen LogP contribution in [0, 0.1) is 0 Å². The highest BCUT2D eigenvalue weighted by Gasteiger charge is 2.17. The number of rotatable bonds is 6. The summed E-state index contributed by atoms with van der Waals surface area (Å²) >= 11 is 5.88. The molecule has 2 N–H and O–H groups in total. The lowest BCUT2D eigenvalue weighted by Crippen LogP contribution is -2.34. The summed E-state index contributed by atoms with van der Waals surface area (Å²) in [7, 11) is 0. The van der Waals surface area contributed by atoms with Gasteiger partial charge in [-0.25, -0.2) is 0 Å². The third kappa shape index (κ3) is 6.06. The standard InChI is InChI=1S/C22H26ClN3O2/c23-19-9-7-16(8-10-19)11-12-25-21(27)17-13-18(15-24-14-17)22(28)26-20-5-3-1-2-4-6-20/h7-10,13-15,20H,1-6,11-12H2,(H,25,27)(H,26,28). The summed E-state index contributed by atoms with van der Waals surface area (Å²) in [5, 5.41) is 6.66. The molecule has 0 unspecified atom stereocenters. The van der Waals surface area contributed by atoms with Gasteiger partial charge in [0.2, 0.25) is 0 Å². The van der Waals surface area contributed by atoms with Gasteiger partial charge in [-0.15, -0.1) is 0 Å². The SMILES string of the molecule is O=C(NCCc1ccc(Cl)cc1)c1cncc(C(=O)NC2CCCCCC2)c1. The fourth-order valence-corrected chi connectivity index (χ4v) is 3.58. The lowest BCUT2D eigenvalue weighted by atomic mass is 10.1. The van der Waals surface area contributed by atoms with E-state index in [1.54, 1.807) is 6.07 Å². The summed E-state index contributed by atoms with van der Waals surface area (Å²) in [5.41, 5.74) is 1.92. The minimum atomic E-state index is -0.231. The number of amides is 2. The Morgan fingerprint density at radius 1 is 0.964 bits per heavy atom. The molecule has 0 spiro atoms. The number of nitrogens with one attached hydrogen (secondary N) is 2. The number of nitrogens with zero attached hydrogens (tertiary/aromatic N) is 1. The van der Waals surface area contributed by atoms with E-state index in [0.29, 0.717) is 29.1 Å². The minimum absolute atomic E-state index is 0.157. The predicted molar refractivity (Wildman–Crippen MR) is 111 cm³/mol. The Kier molecular flexibility index (Phi) is 7.43. The monoisotopic (exact) mass is 399 g/mol. The van der Waals surface area contributed by atoms with Crippen LogP contribution in [-0.2, 0) is 6.42 Å². The van der Waals surface area contributed by atoms with Crippen LogP contribution in [0.2, 0.25) is 5.02 Å². The largest absolute Gasteiger partial charge is 0.352 e. The lowest BCUT2D eigenvalue weighted by molar-refractivity contribution is 0.0933. The van der Waals surface area contributed by atoms with Gasteiger partial charge in [0.1, 0.15) is 0 Å². The van der Waals surface area contributed by atoms with Crippen molar-refractivity contribution in [3.63, 3.8) is 0 Å². The Hall–Kier alpha value is -2.40. The van der Waals surface area contributed by atoms with Crippen molar-refractivity contribution in [2.45, 2.75) is 51.0 Å². The molecule has 28 heavy (non-hydrogen) atoms. The summed E-state index contributed by atoms with van der Waals surface area (Å²) in [4.78, 5) is 29.0. The van der Waals surface area contributed by atoms with Crippen molar-refractivity contribution in [1.82, 2.24) is 15.6 Å². The van der Waals surface area contributed by atoms with Gasteiger partial charge in [-0.2, -0.15) is 0 Å². The van der Waals surface area contributed by atoms with Gasteiger partial charge in [0.25, 0.3) is 11.8 Å². The molecule has 0 aliphatic heterocycles. The van der Waals surface area contributed by atoms with Crippen LogP contribution in [-0.4, -0.2) is 29.4 Å². The molecule has 148 valence electrons. The molecular weight excluding hydrogens is 374 g/mol. The summed E-state index contributed by atoms with van der Waals surface area (Å²) in [5.74, 6) is -0.388. The first kappa shape index (κ1) is 20.3. The second-order valence-electron chi connectivity index (χ2n) is 7.26. The van der Waals surface area contributed by atoms with E-state index in [1.807, 2.05) is 24.3 Å². The Bertz CT molecular complexity index is 800. The molecule has 3 rings (SSSR count).